The van der Waals surface area contributed by atoms with Crippen LogP contribution in [-0.4, -0.2) is 37.0 Å². The third kappa shape index (κ3) is 5.33. The highest BCUT2D eigenvalue weighted by Gasteiger charge is 2.41. The van der Waals surface area contributed by atoms with Gasteiger partial charge in [0.15, 0.2) is 0 Å². The summed E-state index contributed by atoms with van der Waals surface area (Å²) in [4.78, 5) is 0. The minimum Gasteiger partial charge on any atom is -0.267 e. The third-order valence-electron chi connectivity index (χ3n) is 7.16. The molecule has 1 fully saturated rings. The molecule has 192 valence electrons. The average Bonchev–Trinajstić information content (AvgIpc) is 3.31. The molecule has 1 aromatic heterocycles. The number of nitrogens with zero attached hydrogens (tertiary/aromatic N) is 2. The molecule has 0 radical (unpaired) electrons. The largest absolute Gasteiger partial charge is 0.402 e. The lowest BCUT2D eigenvalue weighted by Gasteiger charge is -2.23. The fourth-order valence-electron chi connectivity index (χ4n) is 5.46. The average molecular weight is 523 g/mol. The Morgan fingerprint density at radius 1 is 0.972 bits per heavy atom. The van der Waals surface area contributed by atoms with E-state index in [0.717, 1.165) is 46.5 Å². The first kappa shape index (κ1) is 24.9. The maximum absolute atomic E-state index is 13.3. The Morgan fingerprint density at radius 2 is 1.61 bits per heavy atom. The van der Waals surface area contributed by atoms with Gasteiger partial charge in [-0.3, -0.25) is 4.68 Å². The van der Waals surface area contributed by atoms with E-state index >= 15 is 0 Å². The minimum atomic E-state index is -4.62. The van der Waals surface area contributed by atoms with Gasteiger partial charge in [0.2, 0.25) is 0 Å². The highest BCUT2D eigenvalue weighted by molar-refractivity contribution is 7.87. The monoisotopic (exact) mass is 522 g/mol. The molecule has 2 unspecified atom stereocenters. The summed E-state index contributed by atoms with van der Waals surface area (Å²) in [6, 6.07) is 13.8. The molecule has 1 heterocycles. The van der Waals surface area contributed by atoms with Crippen molar-refractivity contribution in [1.82, 2.24) is 19.2 Å². The normalized spacial score (nSPS) is 21.9. The predicted molar refractivity (Wildman–Crippen MR) is 128 cm³/mol. The number of rotatable bonds is 6. The number of aryl methyl sites for hydroxylation is 1. The topological polar surface area (TPSA) is 76.0 Å². The van der Waals surface area contributed by atoms with Crippen LogP contribution in [0.15, 0.2) is 48.5 Å². The van der Waals surface area contributed by atoms with E-state index in [-0.39, 0.29) is 17.7 Å². The second-order valence-electron chi connectivity index (χ2n) is 9.62. The Morgan fingerprint density at radius 3 is 2.28 bits per heavy atom. The van der Waals surface area contributed by atoms with E-state index in [4.69, 9.17) is 0 Å². The van der Waals surface area contributed by atoms with E-state index < -0.39 is 29.0 Å². The summed E-state index contributed by atoms with van der Waals surface area (Å²) in [6.45, 7) is -1.60. The van der Waals surface area contributed by atoms with E-state index in [1.807, 2.05) is 25.2 Å². The summed E-state index contributed by atoms with van der Waals surface area (Å²) < 4.78 is 81.3. The zero-order valence-corrected chi connectivity index (χ0v) is 20.3. The highest BCUT2D eigenvalue weighted by atomic mass is 32.2. The molecule has 1 saturated carbocycles. The quantitative estimate of drug-likeness (QED) is 0.472. The molecule has 3 aromatic rings. The lowest BCUT2D eigenvalue weighted by molar-refractivity contribution is -0.121. The maximum atomic E-state index is 13.3. The fraction of sp³-hybridized carbons (Fsp3) is 0.400. The first-order valence-electron chi connectivity index (χ1n) is 11.7. The molecule has 2 aliphatic rings. The van der Waals surface area contributed by atoms with Crippen molar-refractivity contribution in [2.24, 2.45) is 18.9 Å². The van der Waals surface area contributed by atoms with Crippen LogP contribution in [0.1, 0.15) is 24.0 Å². The van der Waals surface area contributed by atoms with Crippen LogP contribution in [-0.2, 0) is 30.1 Å². The van der Waals surface area contributed by atoms with Crippen LogP contribution in [0, 0.1) is 17.7 Å². The number of alkyl halides is 3. The Hall–Kier alpha value is -2.76. The van der Waals surface area contributed by atoms with Crippen molar-refractivity contribution < 1.29 is 26.0 Å². The number of benzene rings is 2. The molecule has 0 amide bonds. The smallest absolute Gasteiger partial charge is 0.267 e. The third-order valence-corrected chi connectivity index (χ3v) is 8.27. The van der Waals surface area contributed by atoms with Crippen molar-refractivity contribution in [3.8, 4) is 22.5 Å². The van der Waals surface area contributed by atoms with Crippen molar-refractivity contribution >= 4 is 10.2 Å². The molecular weight excluding hydrogens is 496 g/mol. The minimum absolute atomic E-state index is 0.00697. The van der Waals surface area contributed by atoms with Crippen molar-refractivity contribution in [1.29, 1.82) is 0 Å². The van der Waals surface area contributed by atoms with E-state index in [1.54, 1.807) is 21.5 Å². The van der Waals surface area contributed by atoms with Gasteiger partial charge in [0.25, 0.3) is 10.2 Å². The van der Waals surface area contributed by atoms with Crippen molar-refractivity contribution in [2.45, 2.75) is 37.9 Å². The summed E-state index contributed by atoms with van der Waals surface area (Å²) in [5, 5.41) is 4.63. The van der Waals surface area contributed by atoms with Crippen LogP contribution in [0.5, 0.6) is 0 Å². The second-order valence-corrected chi connectivity index (χ2v) is 11.1. The van der Waals surface area contributed by atoms with Crippen LogP contribution in [0.3, 0.4) is 0 Å². The zero-order chi connectivity index (χ0) is 25.7. The summed E-state index contributed by atoms with van der Waals surface area (Å²) in [5.41, 5.74) is 5.59. The van der Waals surface area contributed by atoms with Crippen LogP contribution in [0.25, 0.3) is 22.5 Å². The molecule has 3 atom stereocenters. The molecule has 2 aliphatic carbocycles. The van der Waals surface area contributed by atoms with Crippen LogP contribution >= 0.6 is 0 Å². The lowest BCUT2D eigenvalue weighted by Crippen LogP contribution is -2.49. The summed E-state index contributed by atoms with van der Waals surface area (Å²) in [6.07, 6.45) is -1.71. The van der Waals surface area contributed by atoms with Gasteiger partial charge in [-0.05, 0) is 90.6 Å². The van der Waals surface area contributed by atoms with Crippen LogP contribution in [0.2, 0.25) is 0 Å². The van der Waals surface area contributed by atoms with Gasteiger partial charge in [-0.1, -0.05) is 12.1 Å². The second kappa shape index (κ2) is 9.28. The molecule has 11 heteroatoms. The van der Waals surface area contributed by atoms with Crippen LogP contribution < -0.4 is 9.44 Å². The van der Waals surface area contributed by atoms with Gasteiger partial charge in [-0.25, -0.2) is 4.39 Å². The Bertz CT molecular complexity index is 1370. The molecule has 36 heavy (non-hydrogen) atoms. The lowest BCUT2D eigenvalue weighted by atomic mass is 9.91. The molecule has 6 nitrogen and oxygen atoms in total. The van der Waals surface area contributed by atoms with Gasteiger partial charge in [-0.15, -0.1) is 0 Å². The summed E-state index contributed by atoms with van der Waals surface area (Å²) >= 11 is 0. The number of hydrogen-bond acceptors (Lipinski definition) is 3. The number of hydrogen-bond donors (Lipinski definition) is 2. The number of halogens is 4. The zero-order valence-electron chi connectivity index (χ0n) is 19.5. The van der Waals surface area contributed by atoms with Gasteiger partial charge in [-0.2, -0.15) is 36.1 Å². The Labute approximate surface area is 206 Å². The molecule has 0 saturated heterocycles. The standard InChI is InChI=1S/C25H26F4N4O2S/c1-33-23(15-6-8-21(26)9-7-15)13-22(31-33)17-3-2-16-10-18-4-5-19(12-20(16)11-17)24(18)32-36(34,35)30-14-25(27,28)29/h2-3,6-9,11,13,18-19,24,30,32H,4-5,10,12,14H2,1H3/t18?,19?,24-/m1/s1. The van der Waals surface area contributed by atoms with Crippen LogP contribution in [0.4, 0.5) is 17.6 Å². The summed E-state index contributed by atoms with van der Waals surface area (Å²) in [7, 11) is -2.45. The number of nitrogens with one attached hydrogen (secondary N) is 2. The molecule has 5 rings (SSSR count). The van der Waals surface area contributed by atoms with Gasteiger partial charge >= 0.3 is 6.18 Å². The Kier molecular flexibility index (Phi) is 6.42. The molecular formula is C25H26F4N4O2S. The molecule has 0 spiro atoms. The number of fused-ring (bicyclic) bond motifs is 3. The highest BCUT2D eigenvalue weighted by Crippen LogP contribution is 2.41. The van der Waals surface area contributed by atoms with Gasteiger partial charge in [0, 0.05) is 18.7 Å². The van der Waals surface area contributed by atoms with Crippen molar-refractivity contribution in [3.05, 3.63) is 65.5 Å². The maximum Gasteiger partial charge on any atom is 0.402 e. The molecule has 2 aromatic carbocycles. The number of aromatic nitrogens is 2. The molecule has 2 N–H and O–H groups in total. The molecule has 2 bridgehead atoms. The van der Waals surface area contributed by atoms with E-state index in [9.17, 15) is 26.0 Å². The van der Waals surface area contributed by atoms with Gasteiger partial charge < -0.3 is 0 Å². The first-order chi connectivity index (χ1) is 17.0. The first-order valence-corrected chi connectivity index (χ1v) is 13.2. The summed E-state index contributed by atoms with van der Waals surface area (Å²) in [5.74, 6) is -0.296. The van der Waals surface area contributed by atoms with Gasteiger partial charge in [0.1, 0.15) is 12.4 Å². The van der Waals surface area contributed by atoms with E-state index in [1.165, 1.54) is 12.1 Å². The Balaban J connectivity index is 1.36. The van der Waals surface area contributed by atoms with E-state index in [2.05, 4.69) is 15.9 Å². The SMILES string of the molecule is Cn1nc(-c2ccc3c(c2)CC2CCC(C3)[C@H]2NS(=O)(=O)NCC(F)(F)F)cc1-c1ccc(F)cc1. The van der Waals surface area contributed by atoms with Crippen molar-refractivity contribution in [2.75, 3.05) is 6.54 Å². The van der Waals surface area contributed by atoms with Crippen molar-refractivity contribution in [3.63, 3.8) is 0 Å². The van der Waals surface area contributed by atoms with Gasteiger partial charge in [0.05, 0.1) is 11.4 Å². The fourth-order valence-corrected chi connectivity index (χ4v) is 6.64. The van der Waals surface area contributed by atoms with E-state index in [0.29, 0.717) is 12.8 Å². The predicted octanol–water partition coefficient (Wildman–Crippen LogP) is 4.37. The molecule has 0 aliphatic heterocycles.